The van der Waals surface area contributed by atoms with Crippen molar-refractivity contribution in [3.05, 3.63) is 63.6 Å². The Bertz CT molecular complexity index is 940. The quantitative estimate of drug-likeness (QED) is 0.692. The predicted octanol–water partition coefficient (Wildman–Crippen LogP) is 3.80. The number of nitrogens with zero attached hydrogens (tertiary/aromatic N) is 3. The first-order chi connectivity index (χ1) is 13.7. The largest absolute Gasteiger partial charge is 0.342 e. The van der Waals surface area contributed by atoms with Crippen LogP contribution in [-0.4, -0.2) is 39.8 Å². The van der Waals surface area contributed by atoms with Crippen LogP contribution in [-0.2, 0) is 11.2 Å². The summed E-state index contributed by atoms with van der Waals surface area (Å²) in [6.07, 6.45) is 4.14. The molecule has 0 saturated carbocycles. The van der Waals surface area contributed by atoms with Gasteiger partial charge in [0.15, 0.2) is 5.13 Å². The smallest absolute Gasteiger partial charge is 0.257 e. The second kappa shape index (κ2) is 8.62. The van der Waals surface area contributed by atoms with Crippen molar-refractivity contribution in [2.45, 2.75) is 25.2 Å². The normalized spacial score (nSPS) is 16.7. The first-order valence-corrected chi connectivity index (χ1v) is 10.9. The summed E-state index contributed by atoms with van der Waals surface area (Å²) >= 11 is 2.99. The zero-order valence-electron chi connectivity index (χ0n) is 15.2. The van der Waals surface area contributed by atoms with Gasteiger partial charge in [-0.15, -0.1) is 22.7 Å². The van der Waals surface area contributed by atoms with Gasteiger partial charge in [0.1, 0.15) is 0 Å². The van der Waals surface area contributed by atoms with Crippen molar-refractivity contribution < 1.29 is 9.59 Å². The summed E-state index contributed by atoms with van der Waals surface area (Å²) in [4.78, 5) is 35.7. The highest BCUT2D eigenvalue weighted by molar-refractivity contribution is 7.14. The maximum atomic E-state index is 12.7. The minimum Gasteiger partial charge on any atom is -0.342 e. The Balaban J connectivity index is 1.34. The number of carbonyl (C=O) groups excluding carboxylic acids is 2. The van der Waals surface area contributed by atoms with Crippen LogP contribution in [0.25, 0.3) is 0 Å². The van der Waals surface area contributed by atoms with Crippen LogP contribution in [0.3, 0.4) is 0 Å². The van der Waals surface area contributed by atoms with E-state index in [2.05, 4.69) is 15.3 Å². The maximum absolute atomic E-state index is 12.7. The third kappa shape index (κ3) is 4.45. The zero-order chi connectivity index (χ0) is 19.3. The van der Waals surface area contributed by atoms with Crippen molar-refractivity contribution in [1.29, 1.82) is 0 Å². The van der Waals surface area contributed by atoms with Gasteiger partial charge in [0.25, 0.3) is 5.91 Å². The van der Waals surface area contributed by atoms with Gasteiger partial charge in [-0.25, -0.2) is 9.97 Å². The van der Waals surface area contributed by atoms with E-state index in [1.54, 1.807) is 23.5 Å². The summed E-state index contributed by atoms with van der Waals surface area (Å²) in [6.45, 7) is 1.50. The van der Waals surface area contributed by atoms with Crippen LogP contribution >= 0.6 is 22.7 Å². The summed E-state index contributed by atoms with van der Waals surface area (Å²) < 4.78 is 0. The Morgan fingerprint density at radius 2 is 2.07 bits per heavy atom. The van der Waals surface area contributed by atoms with Gasteiger partial charge >= 0.3 is 0 Å². The summed E-state index contributed by atoms with van der Waals surface area (Å²) in [5.74, 6) is 0.205. The van der Waals surface area contributed by atoms with Crippen molar-refractivity contribution in [3.63, 3.8) is 0 Å². The Labute approximate surface area is 171 Å². The van der Waals surface area contributed by atoms with Gasteiger partial charge in [-0.2, -0.15) is 0 Å². The molecule has 1 aliphatic rings. The number of carbonyl (C=O) groups is 2. The fourth-order valence-electron chi connectivity index (χ4n) is 3.31. The molecule has 1 unspecified atom stereocenters. The summed E-state index contributed by atoms with van der Waals surface area (Å²) in [6, 6.07) is 9.01. The molecule has 1 aromatic carbocycles. The zero-order valence-corrected chi connectivity index (χ0v) is 16.8. The van der Waals surface area contributed by atoms with E-state index < -0.39 is 0 Å². The molecule has 1 saturated heterocycles. The summed E-state index contributed by atoms with van der Waals surface area (Å²) in [5, 5.41) is 8.23. The lowest BCUT2D eigenvalue weighted by Gasteiger charge is -2.31. The number of anilines is 1. The number of amides is 2. The van der Waals surface area contributed by atoms with Crippen molar-refractivity contribution in [1.82, 2.24) is 14.9 Å². The third-order valence-corrected chi connectivity index (χ3v) is 6.46. The fourth-order valence-corrected chi connectivity index (χ4v) is 4.79. The molecule has 144 valence electrons. The van der Waals surface area contributed by atoms with E-state index in [0.29, 0.717) is 28.9 Å². The molecule has 1 N–H and O–H groups in total. The topological polar surface area (TPSA) is 75.2 Å². The molecule has 1 atom stereocenters. The molecule has 0 spiro atoms. The molecule has 0 bridgehead atoms. The molecule has 1 fully saturated rings. The van der Waals surface area contributed by atoms with Crippen molar-refractivity contribution in [2.75, 3.05) is 18.4 Å². The molecule has 6 nitrogen and oxygen atoms in total. The van der Waals surface area contributed by atoms with E-state index in [9.17, 15) is 9.59 Å². The van der Waals surface area contributed by atoms with E-state index in [4.69, 9.17) is 0 Å². The van der Waals surface area contributed by atoms with Gasteiger partial charge in [-0.1, -0.05) is 18.2 Å². The molecule has 1 aliphatic heterocycles. The summed E-state index contributed by atoms with van der Waals surface area (Å²) in [7, 11) is 0. The van der Waals surface area contributed by atoms with Crippen LogP contribution in [0.15, 0.2) is 47.3 Å². The monoisotopic (exact) mass is 412 g/mol. The van der Waals surface area contributed by atoms with Crippen molar-refractivity contribution >= 4 is 39.6 Å². The van der Waals surface area contributed by atoms with Crippen molar-refractivity contribution in [2.24, 2.45) is 0 Å². The van der Waals surface area contributed by atoms with Crippen LogP contribution in [0.5, 0.6) is 0 Å². The van der Waals surface area contributed by atoms with E-state index in [1.807, 2.05) is 40.1 Å². The average Bonchev–Trinajstić information content (AvgIpc) is 3.41. The molecular weight excluding hydrogens is 392 g/mol. The van der Waals surface area contributed by atoms with E-state index in [0.717, 1.165) is 24.4 Å². The molecule has 3 aromatic rings. The van der Waals surface area contributed by atoms with Gasteiger partial charge in [-0.05, 0) is 25.0 Å². The lowest BCUT2D eigenvalue weighted by Crippen LogP contribution is -2.40. The number of likely N-dealkylation sites (tertiary alicyclic amines) is 1. The number of benzene rings is 1. The maximum Gasteiger partial charge on any atom is 0.257 e. The number of piperidine rings is 1. The number of hydrogen-bond acceptors (Lipinski definition) is 6. The molecule has 28 heavy (non-hydrogen) atoms. The lowest BCUT2D eigenvalue weighted by molar-refractivity contribution is -0.131. The van der Waals surface area contributed by atoms with Gasteiger partial charge in [0.05, 0.1) is 17.1 Å². The van der Waals surface area contributed by atoms with E-state index in [-0.39, 0.29) is 18.2 Å². The molecule has 8 heteroatoms. The first-order valence-electron chi connectivity index (χ1n) is 9.17. The average molecular weight is 413 g/mol. The molecule has 0 aliphatic carbocycles. The van der Waals surface area contributed by atoms with Gasteiger partial charge < -0.3 is 4.90 Å². The first kappa shape index (κ1) is 18.8. The number of thiazole rings is 2. The second-order valence-corrected chi connectivity index (χ2v) is 8.47. The van der Waals surface area contributed by atoms with Gasteiger partial charge in [0, 0.05) is 41.5 Å². The highest BCUT2D eigenvalue weighted by atomic mass is 32.1. The number of aromatic nitrogens is 2. The van der Waals surface area contributed by atoms with Crippen LogP contribution in [0.1, 0.15) is 39.8 Å². The van der Waals surface area contributed by atoms with Crippen LogP contribution in [0.4, 0.5) is 5.13 Å². The number of rotatable bonds is 5. The van der Waals surface area contributed by atoms with Crippen molar-refractivity contribution in [3.8, 4) is 0 Å². The Kier molecular flexibility index (Phi) is 5.78. The predicted molar refractivity (Wildman–Crippen MR) is 111 cm³/mol. The molecule has 2 aromatic heterocycles. The highest BCUT2D eigenvalue weighted by Crippen LogP contribution is 2.28. The van der Waals surface area contributed by atoms with E-state index >= 15 is 0 Å². The molecule has 0 radical (unpaired) electrons. The number of hydrogen-bond donors (Lipinski definition) is 1. The highest BCUT2D eigenvalue weighted by Gasteiger charge is 2.26. The Hall–Kier alpha value is -2.58. The Morgan fingerprint density at radius 3 is 2.86 bits per heavy atom. The van der Waals surface area contributed by atoms with Gasteiger partial charge in [-0.3, -0.25) is 14.9 Å². The fraction of sp³-hybridized carbons (Fsp3) is 0.300. The number of nitrogens with one attached hydrogen (secondary N) is 1. The Morgan fingerprint density at radius 1 is 1.21 bits per heavy atom. The van der Waals surface area contributed by atoms with Crippen LogP contribution in [0.2, 0.25) is 0 Å². The second-order valence-electron chi connectivity index (χ2n) is 6.69. The lowest BCUT2D eigenvalue weighted by atomic mass is 9.98. The molecular formula is C20H20N4O2S2. The minimum atomic E-state index is -0.199. The standard InChI is InChI=1S/C20H20N4O2S2/c25-17(24-9-4-7-15(12-24)19-21-8-10-27-19)11-16-13-28-20(22-16)23-18(26)14-5-2-1-3-6-14/h1-3,5-6,8,10,13,15H,4,7,9,11-12H2,(H,22,23,26). The molecule has 3 heterocycles. The molecule has 2 amide bonds. The van der Waals surface area contributed by atoms with Crippen LogP contribution in [0, 0.1) is 0 Å². The summed E-state index contributed by atoms with van der Waals surface area (Å²) in [5.41, 5.74) is 1.27. The van der Waals surface area contributed by atoms with Crippen LogP contribution < -0.4 is 5.32 Å². The van der Waals surface area contributed by atoms with E-state index in [1.165, 1.54) is 11.3 Å². The van der Waals surface area contributed by atoms with Gasteiger partial charge in [0.2, 0.25) is 5.91 Å². The minimum absolute atomic E-state index is 0.0764. The third-order valence-electron chi connectivity index (χ3n) is 4.72. The SMILES string of the molecule is O=C(Nc1nc(CC(=O)N2CCCC(c3nccs3)C2)cs1)c1ccccc1. The molecule has 4 rings (SSSR count).